The number of hydrogen-bond acceptors (Lipinski definition) is 7. The molecule has 44 heavy (non-hydrogen) atoms. The first-order chi connectivity index (χ1) is 21.1. The Kier molecular flexibility index (Phi) is 8.36. The first kappa shape index (κ1) is 30.5. The number of halogens is 2. The Morgan fingerprint density at radius 3 is 2.45 bits per heavy atom. The van der Waals surface area contributed by atoms with Crippen LogP contribution in [0.25, 0.3) is 10.9 Å². The summed E-state index contributed by atoms with van der Waals surface area (Å²) in [5, 5.41) is 0.660. The van der Waals surface area contributed by atoms with Crippen molar-refractivity contribution >= 4 is 57.9 Å². The van der Waals surface area contributed by atoms with Crippen LogP contribution in [-0.2, 0) is 14.3 Å². The Labute approximate surface area is 264 Å². The van der Waals surface area contributed by atoms with Crippen LogP contribution in [0, 0.1) is 5.82 Å². The number of hydrogen-bond donors (Lipinski definition) is 0. The van der Waals surface area contributed by atoms with Gasteiger partial charge in [-0.3, -0.25) is 18.7 Å². The van der Waals surface area contributed by atoms with Gasteiger partial charge in [0.2, 0.25) is 17.4 Å². The number of amides is 2. The Bertz CT molecular complexity index is 1700. The number of esters is 1. The molecule has 3 aliphatic rings. The lowest BCUT2D eigenvalue weighted by Gasteiger charge is -2.46. The summed E-state index contributed by atoms with van der Waals surface area (Å²) >= 11 is 7.87. The lowest BCUT2D eigenvalue weighted by molar-refractivity contribution is -0.155. The molecule has 9 nitrogen and oxygen atoms in total. The SMILES string of the molecule is CCC(C)SN1C(=O)[C@@H](OC(=O)c2cn(C3CC3)c3cc(N4CCN(C(C)=O)CC4)c(F)cc3c2=O)[C@H]1c1ccccc1Cl. The van der Waals surface area contributed by atoms with Gasteiger partial charge in [-0.15, -0.1) is 0 Å². The molecule has 1 aromatic heterocycles. The highest BCUT2D eigenvalue weighted by molar-refractivity contribution is 7.98. The second-order valence-electron chi connectivity index (χ2n) is 11.6. The van der Waals surface area contributed by atoms with Crippen molar-refractivity contribution in [2.24, 2.45) is 0 Å². The number of fused-ring (bicyclic) bond motifs is 1. The quantitative estimate of drug-likeness (QED) is 0.186. The molecule has 1 unspecified atom stereocenters. The molecule has 0 bridgehead atoms. The van der Waals surface area contributed by atoms with E-state index in [4.69, 9.17) is 16.3 Å². The van der Waals surface area contributed by atoms with Gasteiger partial charge in [-0.2, -0.15) is 0 Å². The molecule has 2 amide bonds. The molecule has 6 rings (SSSR count). The third-order valence-electron chi connectivity index (χ3n) is 8.65. The van der Waals surface area contributed by atoms with Crippen LogP contribution >= 0.6 is 23.5 Å². The van der Waals surface area contributed by atoms with Gasteiger partial charge < -0.3 is 19.1 Å². The molecule has 0 N–H and O–H groups in total. The zero-order valence-electron chi connectivity index (χ0n) is 24.8. The number of pyridine rings is 1. The third-order valence-corrected chi connectivity index (χ3v) is 10.3. The largest absolute Gasteiger partial charge is 0.446 e. The number of rotatable bonds is 8. The number of aromatic nitrogens is 1. The smallest absolute Gasteiger partial charge is 0.344 e. The Hall–Kier alpha value is -3.57. The minimum absolute atomic E-state index is 0.0191. The van der Waals surface area contributed by atoms with Gasteiger partial charge in [-0.05, 0) is 55.0 Å². The number of nitrogens with zero attached hydrogens (tertiary/aromatic N) is 4. The van der Waals surface area contributed by atoms with E-state index in [-0.39, 0.29) is 34.1 Å². The molecule has 2 aliphatic heterocycles. The maximum Gasteiger partial charge on any atom is 0.344 e. The Balaban J connectivity index is 1.32. The monoisotopic (exact) mass is 640 g/mol. The summed E-state index contributed by atoms with van der Waals surface area (Å²) in [6, 6.07) is 9.38. The fourth-order valence-electron chi connectivity index (χ4n) is 5.79. The predicted molar refractivity (Wildman–Crippen MR) is 168 cm³/mol. The van der Waals surface area contributed by atoms with Gasteiger partial charge in [0.05, 0.1) is 11.2 Å². The van der Waals surface area contributed by atoms with Crippen LogP contribution in [-0.4, -0.2) is 69.1 Å². The van der Waals surface area contributed by atoms with Crippen LogP contribution in [0.15, 0.2) is 47.4 Å². The average molecular weight is 641 g/mol. The third kappa shape index (κ3) is 5.56. The molecule has 2 aromatic carbocycles. The maximum absolute atomic E-state index is 15.5. The molecule has 12 heteroatoms. The van der Waals surface area contributed by atoms with E-state index in [9.17, 15) is 19.2 Å². The summed E-state index contributed by atoms with van der Waals surface area (Å²) in [5.41, 5.74) is 0.636. The second kappa shape index (κ2) is 12.1. The zero-order valence-corrected chi connectivity index (χ0v) is 26.4. The van der Waals surface area contributed by atoms with Gasteiger partial charge in [-0.1, -0.05) is 43.6 Å². The van der Waals surface area contributed by atoms with E-state index >= 15 is 4.39 Å². The van der Waals surface area contributed by atoms with Crippen molar-refractivity contribution in [3.63, 3.8) is 0 Å². The summed E-state index contributed by atoms with van der Waals surface area (Å²) in [7, 11) is 0. The molecule has 232 valence electrons. The summed E-state index contributed by atoms with van der Waals surface area (Å²) < 4.78 is 24.7. The molecule has 3 aromatic rings. The minimum atomic E-state index is -1.16. The van der Waals surface area contributed by atoms with E-state index < -0.39 is 29.4 Å². The lowest BCUT2D eigenvalue weighted by Crippen LogP contribution is -2.57. The molecule has 3 atom stereocenters. The summed E-state index contributed by atoms with van der Waals surface area (Å²) in [6.07, 6.45) is 2.87. The van der Waals surface area contributed by atoms with Crippen LogP contribution < -0.4 is 10.3 Å². The first-order valence-corrected chi connectivity index (χ1v) is 16.1. The number of piperazine rings is 1. The lowest BCUT2D eigenvalue weighted by atomic mass is 9.93. The molecule has 3 fully saturated rings. The van der Waals surface area contributed by atoms with Crippen molar-refractivity contribution in [1.82, 2.24) is 13.8 Å². The number of benzene rings is 2. The number of β-lactam (4-membered cyclic amide) rings is 1. The molecular weight excluding hydrogens is 607 g/mol. The van der Waals surface area contributed by atoms with Crippen molar-refractivity contribution < 1.29 is 23.5 Å². The zero-order chi connectivity index (χ0) is 31.3. The maximum atomic E-state index is 15.5. The summed E-state index contributed by atoms with van der Waals surface area (Å²) in [4.78, 5) is 55.9. The number of carbonyl (C=O) groups is 3. The molecule has 3 heterocycles. The van der Waals surface area contributed by atoms with Crippen LogP contribution in [0.5, 0.6) is 0 Å². The average Bonchev–Trinajstić information content (AvgIpc) is 3.86. The molecule has 2 saturated heterocycles. The van der Waals surface area contributed by atoms with E-state index in [0.717, 1.165) is 19.3 Å². The topological polar surface area (TPSA) is 92.2 Å². The highest BCUT2D eigenvalue weighted by Crippen LogP contribution is 2.46. The molecule has 1 saturated carbocycles. The molecule has 0 radical (unpaired) electrons. The molecular formula is C32H34ClFN4O5S. The van der Waals surface area contributed by atoms with Crippen LogP contribution in [0.2, 0.25) is 5.02 Å². The van der Waals surface area contributed by atoms with E-state index in [1.54, 1.807) is 39.5 Å². The summed E-state index contributed by atoms with van der Waals surface area (Å²) in [5.74, 6) is -1.91. The van der Waals surface area contributed by atoms with Crippen LogP contribution in [0.1, 0.15) is 68.0 Å². The van der Waals surface area contributed by atoms with E-state index in [1.807, 2.05) is 23.3 Å². The van der Waals surface area contributed by atoms with Crippen molar-refractivity contribution in [3.8, 4) is 0 Å². The fourth-order valence-corrected chi connectivity index (χ4v) is 7.13. The molecule has 0 spiro atoms. The van der Waals surface area contributed by atoms with Gasteiger partial charge >= 0.3 is 5.97 Å². The van der Waals surface area contributed by atoms with Crippen LogP contribution in [0.3, 0.4) is 0 Å². The number of carbonyl (C=O) groups excluding carboxylic acids is 3. The number of ether oxygens (including phenoxy) is 1. The van der Waals surface area contributed by atoms with Crippen LogP contribution in [0.4, 0.5) is 10.1 Å². The van der Waals surface area contributed by atoms with Gasteiger partial charge in [-0.25, -0.2) is 9.18 Å². The van der Waals surface area contributed by atoms with E-state index in [2.05, 4.69) is 0 Å². The standard InChI is InChI=1S/C32H34ClFN4O5S/c1-4-18(2)44-38-28(21-7-5-6-8-24(21)33)30(31(38)41)43-32(42)23-17-37(20-9-10-20)26-16-27(25(34)15-22(26)29(23)40)36-13-11-35(12-14-36)19(3)39/h5-8,15-18,20,28,30H,4,9-14H2,1-3H3/t18?,28-,30+/m1/s1. The number of anilines is 1. The highest BCUT2D eigenvalue weighted by atomic mass is 35.5. The fraction of sp³-hybridized carbons (Fsp3) is 0.438. The Morgan fingerprint density at radius 2 is 1.82 bits per heavy atom. The normalized spacial score (nSPS) is 20.9. The molecule has 1 aliphatic carbocycles. The highest BCUT2D eigenvalue weighted by Gasteiger charge is 2.53. The van der Waals surface area contributed by atoms with Crippen molar-refractivity contribution in [1.29, 1.82) is 0 Å². The first-order valence-electron chi connectivity index (χ1n) is 14.9. The van der Waals surface area contributed by atoms with Crippen molar-refractivity contribution in [2.45, 2.75) is 63.5 Å². The van der Waals surface area contributed by atoms with Gasteiger partial charge in [0, 0.05) is 61.0 Å². The summed E-state index contributed by atoms with van der Waals surface area (Å²) in [6.45, 7) is 7.44. The second-order valence-corrected chi connectivity index (χ2v) is 13.4. The van der Waals surface area contributed by atoms with Gasteiger partial charge in [0.15, 0.2) is 0 Å². The van der Waals surface area contributed by atoms with E-state index in [1.165, 1.54) is 31.1 Å². The van der Waals surface area contributed by atoms with Gasteiger partial charge in [0.25, 0.3) is 5.91 Å². The Morgan fingerprint density at radius 1 is 1.11 bits per heavy atom. The van der Waals surface area contributed by atoms with E-state index in [0.29, 0.717) is 48.0 Å². The minimum Gasteiger partial charge on any atom is -0.446 e. The van der Waals surface area contributed by atoms with Crippen molar-refractivity contribution in [2.75, 3.05) is 31.1 Å². The van der Waals surface area contributed by atoms with Crippen molar-refractivity contribution in [3.05, 3.63) is 74.8 Å². The predicted octanol–water partition coefficient (Wildman–Crippen LogP) is 5.35. The van der Waals surface area contributed by atoms with Gasteiger partial charge in [0.1, 0.15) is 17.4 Å².